The molecule has 1 atom stereocenters. The molecule has 1 aliphatic rings. The van der Waals surface area contributed by atoms with E-state index < -0.39 is 29.6 Å². The molecule has 0 spiro atoms. The van der Waals surface area contributed by atoms with Crippen LogP contribution in [0.4, 0.5) is 24.5 Å². The summed E-state index contributed by atoms with van der Waals surface area (Å²) in [6.45, 7) is -1.26. The lowest BCUT2D eigenvalue weighted by Gasteiger charge is -2.27. The van der Waals surface area contributed by atoms with Gasteiger partial charge >= 0.3 is 6.18 Å². The molecule has 0 saturated carbocycles. The highest BCUT2D eigenvalue weighted by Gasteiger charge is 2.41. The molecule has 0 bridgehead atoms. The summed E-state index contributed by atoms with van der Waals surface area (Å²) in [5.74, 6) is -0.606. The molecule has 1 unspecified atom stereocenters. The van der Waals surface area contributed by atoms with Crippen LogP contribution >= 0.6 is 0 Å². The largest absolute Gasteiger partial charge is 0.406 e. The van der Waals surface area contributed by atoms with Gasteiger partial charge in [-0.25, -0.2) is 0 Å². The van der Waals surface area contributed by atoms with Gasteiger partial charge in [-0.1, -0.05) is 0 Å². The zero-order valence-corrected chi connectivity index (χ0v) is 13.7. The number of non-ortho nitro benzene ring substituents is 1. The van der Waals surface area contributed by atoms with Crippen LogP contribution in [0.3, 0.4) is 0 Å². The number of nitro groups is 1. The molecule has 1 aromatic heterocycles. The Morgan fingerprint density at radius 2 is 2.08 bits per heavy atom. The lowest BCUT2D eigenvalue weighted by Crippen LogP contribution is -2.42. The number of hydrogen-bond donors (Lipinski definition) is 0. The maximum atomic E-state index is 12.6. The van der Waals surface area contributed by atoms with Gasteiger partial charge in [-0.3, -0.25) is 19.9 Å². The molecule has 1 fully saturated rings. The van der Waals surface area contributed by atoms with Crippen LogP contribution in [0.1, 0.15) is 6.42 Å². The molecule has 0 N–H and O–H groups in total. The maximum Gasteiger partial charge on any atom is 0.406 e. The van der Waals surface area contributed by atoms with E-state index in [1.807, 2.05) is 0 Å². The van der Waals surface area contributed by atoms with E-state index in [9.17, 15) is 28.1 Å². The third kappa shape index (κ3) is 3.26. The number of anilines is 1. The van der Waals surface area contributed by atoms with Crippen molar-refractivity contribution in [3.05, 3.63) is 40.7 Å². The average Bonchev–Trinajstić information content (AvgIpc) is 2.92. The van der Waals surface area contributed by atoms with Gasteiger partial charge in [0.15, 0.2) is 0 Å². The molecule has 1 amide bonds. The quantitative estimate of drug-likeness (QED) is 0.612. The summed E-state index contributed by atoms with van der Waals surface area (Å²) in [4.78, 5) is 29.3. The number of pyridine rings is 1. The summed E-state index contributed by atoms with van der Waals surface area (Å²) in [6, 6.07) is 3.64. The number of carbonyl (C=O) groups excluding carboxylic acids is 1. The predicted molar refractivity (Wildman–Crippen MR) is 87.8 cm³/mol. The van der Waals surface area contributed by atoms with Crippen LogP contribution in [0.15, 0.2) is 30.6 Å². The molecule has 10 heteroatoms. The topological polar surface area (TPSA) is 79.6 Å². The normalized spacial score (nSPS) is 17.8. The molecule has 26 heavy (non-hydrogen) atoms. The lowest BCUT2D eigenvalue weighted by molar-refractivity contribution is -0.383. The second kappa shape index (κ2) is 6.43. The molecule has 0 aliphatic carbocycles. The molecular weight excluding hydrogens is 353 g/mol. The van der Waals surface area contributed by atoms with Crippen molar-refractivity contribution in [1.82, 2.24) is 9.88 Å². The Kier molecular flexibility index (Phi) is 4.43. The first-order chi connectivity index (χ1) is 12.2. The molecule has 3 rings (SSSR count). The van der Waals surface area contributed by atoms with Gasteiger partial charge < -0.3 is 9.80 Å². The van der Waals surface area contributed by atoms with Crippen molar-refractivity contribution in [1.29, 1.82) is 0 Å². The fourth-order valence-electron chi connectivity index (χ4n) is 3.25. The van der Waals surface area contributed by atoms with Gasteiger partial charge in [0.25, 0.3) is 5.69 Å². The Morgan fingerprint density at radius 3 is 2.73 bits per heavy atom. The third-order valence-electron chi connectivity index (χ3n) is 4.46. The van der Waals surface area contributed by atoms with E-state index in [2.05, 4.69) is 4.98 Å². The Balaban J connectivity index is 1.94. The fraction of sp³-hybridized carbons (Fsp3) is 0.375. The number of likely N-dealkylation sites (tertiary alicyclic amines) is 1. The van der Waals surface area contributed by atoms with Gasteiger partial charge in [-0.2, -0.15) is 13.2 Å². The first kappa shape index (κ1) is 17.9. The monoisotopic (exact) mass is 368 g/mol. The van der Waals surface area contributed by atoms with E-state index in [-0.39, 0.29) is 18.7 Å². The molecule has 2 heterocycles. The fourth-order valence-corrected chi connectivity index (χ4v) is 3.25. The first-order valence-corrected chi connectivity index (χ1v) is 7.78. The van der Waals surface area contributed by atoms with E-state index in [4.69, 9.17) is 0 Å². The van der Waals surface area contributed by atoms with Crippen LogP contribution in [0.5, 0.6) is 0 Å². The second-order valence-electron chi connectivity index (χ2n) is 6.07. The van der Waals surface area contributed by atoms with Gasteiger partial charge in [0.2, 0.25) is 5.91 Å². The Bertz CT molecular complexity index is 871. The second-order valence-corrected chi connectivity index (χ2v) is 6.07. The van der Waals surface area contributed by atoms with Gasteiger partial charge in [0.05, 0.1) is 10.3 Å². The van der Waals surface area contributed by atoms with Crippen molar-refractivity contribution in [2.24, 2.45) is 0 Å². The van der Waals surface area contributed by atoms with E-state index in [0.29, 0.717) is 16.5 Å². The Hall–Kier alpha value is -2.91. The standard InChI is InChI=1S/C16H15F3N4O3/c1-21(14-5-7-22(15(14)24)9-16(17,18)19)12-2-3-13(23(25)26)11-8-20-6-4-10(11)12/h2-4,6,8,14H,5,7,9H2,1H3. The summed E-state index contributed by atoms with van der Waals surface area (Å²) in [7, 11) is 1.60. The van der Waals surface area contributed by atoms with Crippen molar-refractivity contribution in [3.63, 3.8) is 0 Å². The number of hydrogen-bond acceptors (Lipinski definition) is 5. The molecule has 138 valence electrons. The summed E-state index contributed by atoms with van der Waals surface area (Å²) in [6.07, 6.45) is -1.38. The lowest BCUT2D eigenvalue weighted by atomic mass is 10.1. The van der Waals surface area contributed by atoms with Gasteiger partial charge in [0.1, 0.15) is 12.6 Å². The summed E-state index contributed by atoms with van der Waals surface area (Å²) in [5.41, 5.74) is 0.405. The van der Waals surface area contributed by atoms with Crippen LogP contribution in [0.25, 0.3) is 10.8 Å². The molecular formula is C16H15F3N4O3. The van der Waals surface area contributed by atoms with Crippen LogP contribution in [-0.2, 0) is 4.79 Å². The molecule has 7 nitrogen and oxygen atoms in total. The number of benzene rings is 1. The molecule has 2 aromatic rings. The number of alkyl halides is 3. The number of halogens is 3. The minimum Gasteiger partial charge on any atom is -0.362 e. The summed E-state index contributed by atoms with van der Waals surface area (Å²) in [5, 5.41) is 12.0. The third-order valence-corrected chi connectivity index (χ3v) is 4.46. The number of nitrogens with zero attached hydrogens (tertiary/aromatic N) is 4. The smallest absolute Gasteiger partial charge is 0.362 e. The molecule has 1 aliphatic heterocycles. The summed E-state index contributed by atoms with van der Waals surface area (Å²) >= 11 is 0. The number of aromatic nitrogens is 1. The van der Waals surface area contributed by atoms with Crippen LogP contribution in [0, 0.1) is 10.1 Å². The number of amides is 1. The Labute approximate surface area is 146 Å². The van der Waals surface area contributed by atoms with Crippen molar-refractivity contribution in [2.45, 2.75) is 18.6 Å². The van der Waals surface area contributed by atoms with Crippen LogP contribution < -0.4 is 4.90 Å². The average molecular weight is 368 g/mol. The number of carbonyl (C=O) groups is 1. The van der Waals surface area contributed by atoms with Crippen molar-refractivity contribution in [3.8, 4) is 0 Å². The zero-order chi connectivity index (χ0) is 19.1. The van der Waals surface area contributed by atoms with Crippen molar-refractivity contribution < 1.29 is 22.9 Å². The van der Waals surface area contributed by atoms with E-state index >= 15 is 0 Å². The van der Waals surface area contributed by atoms with Gasteiger partial charge in [-0.05, 0) is 18.6 Å². The van der Waals surface area contributed by atoms with Crippen molar-refractivity contribution >= 4 is 28.1 Å². The number of fused-ring (bicyclic) bond motifs is 1. The van der Waals surface area contributed by atoms with E-state index in [1.165, 1.54) is 24.5 Å². The minimum absolute atomic E-state index is 0.0137. The molecule has 0 radical (unpaired) electrons. The molecule has 1 aromatic carbocycles. The number of nitro benzene ring substituents is 1. The Morgan fingerprint density at radius 1 is 1.35 bits per heavy atom. The maximum absolute atomic E-state index is 12.6. The van der Waals surface area contributed by atoms with Crippen LogP contribution in [-0.4, -0.2) is 53.1 Å². The first-order valence-electron chi connectivity index (χ1n) is 7.78. The van der Waals surface area contributed by atoms with E-state index in [1.54, 1.807) is 18.0 Å². The number of rotatable bonds is 4. The zero-order valence-electron chi connectivity index (χ0n) is 13.7. The molecule has 1 saturated heterocycles. The van der Waals surface area contributed by atoms with E-state index in [0.717, 1.165) is 4.90 Å². The van der Waals surface area contributed by atoms with Gasteiger partial charge in [0, 0.05) is 43.1 Å². The highest BCUT2D eigenvalue weighted by atomic mass is 19.4. The predicted octanol–water partition coefficient (Wildman–Crippen LogP) is 2.74. The minimum atomic E-state index is -4.45. The highest BCUT2D eigenvalue weighted by molar-refractivity contribution is 6.01. The van der Waals surface area contributed by atoms with Crippen LogP contribution in [0.2, 0.25) is 0 Å². The SMILES string of the molecule is CN(c1ccc([N+](=O)[O-])c2cnccc12)C1CCN(CC(F)(F)F)C1=O. The number of likely N-dealkylation sites (N-methyl/N-ethyl adjacent to an activating group) is 1. The summed E-state index contributed by atoms with van der Waals surface area (Å²) < 4.78 is 37.7. The van der Waals surface area contributed by atoms with Gasteiger partial charge in [-0.15, -0.1) is 0 Å². The van der Waals surface area contributed by atoms with Crippen molar-refractivity contribution in [2.75, 3.05) is 25.0 Å². The highest BCUT2D eigenvalue weighted by Crippen LogP contribution is 2.35.